The minimum absolute atomic E-state index is 0.0528. The first-order chi connectivity index (χ1) is 8.97. The van der Waals surface area contributed by atoms with Gasteiger partial charge in [-0.1, -0.05) is 18.2 Å². The number of hydrogen-bond acceptors (Lipinski definition) is 2. The second-order valence-corrected chi connectivity index (χ2v) is 5.12. The third-order valence-electron chi connectivity index (χ3n) is 3.94. The molecule has 2 heterocycles. The van der Waals surface area contributed by atoms with Crippen LogP contribution in [-0.2, 0) is 10.9 Å². The van der Waals surface area contributed by atoms with Crippen molar-refractivity contribution in [1.82, 2.24) is 0 Å². The largest absolute Gasteiger partial charge is 0.417 e. The first-order valence-corrected chi connectivity index (χ1v) is 6.32. The fourth-order valence-electron chi connectivity index (χ4n) is 3.06. The Morgan fingerprint density at radius 2 is 1.95 bits per heavy atom. The van der Waals surface area contributed by atoms with E-state index in [4.69, 9.17) is 4.74 Å². The topological polar surface area (TPSA) is 26.3 Å². The molecule has 2 saturated heterocycles. The van der Waals surface area contributed by atoms with Gasteiger partial charge in [-0.2, -0.15) is 13.2 Å². The van der Waals surface area contributed by atoms with E-state index < -0.39 is 23.4 Å². The third kappa shape index (κ3) is 2.16. The van der Waals surface area contributed by atoms with Gasteiger partial charge in [-0.25, -0.2) is 0 Å². The quantitative estimate of drug-likeness (QED) is 0.769. The molecule has 0 saturated carbocycles. The van der Waals surface area contributed by atoms with Gasteiger partial charge in [0.15, 0.2) is 5.78 Å². The Labute approximate surface area is 108 Å². The normalized spacial score (nSPS) is 29.7. The van der Waals surface area contributed by atoms with Crippen molar-refractivity contribution in [3.05, 3.63) is 35.4 Å². The van der Waals surface area contributed by atoms with Crippen LogP contribution in [0.2, 0.25) is 0 Å². The summed E-state index contributed by atoms with van der Waals surface area (Å²) >= 11 is 0. The highest BCUT2D eigenvalue weighted by molar-refractivity contribution is 6.00. The van der Waals surface area contributed by atoms with Crippen LogP contribution in [0.3, 0.4) is 0 Å². The van der Waals surface area contributed by atoms with Crippen LogP contribution in [0.5, 0.6) is 0 Å². The molecule has 2 bridgehead atoms. The van der Waals surface area contributed by atoms with E-state index in [1.807, 2.05) is 0 Å². The van der Waals surface area contributed by atoms with E-state index >= 15 is 0 Å². The van der Waals surface area contributed by atoms with Crippen LogP contribution in [0, 0.1) is 5.92 Å². The van der Waals surface area contributed by atoms with Gasteiger partial charge in [-0.3, -0.25) is 4.79 Å². The number of carbonyl (C=O) groups excluding carboxylic acids is 1. The Bertz CT molecular complexity index is 510. The molecule has 2 nitrogen and oxygen atoms in total. The smallest absolute Gasteiger partial charge is 0.374 e. The summed E-state index contributed by atoms with van der Waals surface area (Å²) in [5, 5.41) is 0. The van der Waals surface area contributed by atoms with Gasteiger partial charge in [0.05, 0.1) is 23.7 Å². The monoisotopic (exact) mass is 270 g/mol. The second-order valence-electron chi connectivity index (χ2n) is 5.12. The summed E-state index contributed by atoms with van der Waals surface area (Å²) in [6.07, 6.45) is -2.40. The van der Waals surface area contributed by atoms with E-state index in [2.05, 4.69) is 0 Å². The standard InChI is InChI=1S/C14H13F3O2/c15-14(16,17)11-4-2-1-3-9(11)13(18)10-7-8-5-6-12(10)19-8/h1-4,8,10,12H,5-7H2. The van der Waals surface area contributed by atoms with Crippen LogP contribution < -0.4 is 0 Å². The molecule has 1 aromatic carbocycles. The maximum Gasteiger partial charge on any atom is 0.417 e. The van der Waals surface area contributed by atoms with Crippen LogP contribution in [0.25, 0.3) is 0 Å². The zero-order valence-corrected chi connectivity index (χ0v) is 10.1. The number of carbonyl (C=O) groups is 1. The van der Waals surface area contributed by atoms with Crippen molar-refractivity contribution in [2.45, 2.75) is 37.6 Å². The lowest BCUT2D eigenvalue weighted by Gasteiger charge is -2.19. The molecular formula is C14H13F3O2. The number of hydrogen-bond donors (Lipinski definition) is 0. The maximum absolute atomic E-state index is 12.9. The Kier molecular flexibility index (Phi) is 2.89. The minimum Gasteiger partial charge on any atom is -0.374 e. The minimum atomic E-state index is -4.50. The molecule has 2 aliphatic heterocycles. The summed E-state index contributed by atoms with van der Waals surface area (Å²) in [7, 11) is 0. The van der Waals surface area contributed by atoms with Gasteiger partial charge in [0, 0.05) is 5.56 Å². The van der Waals surface area contributed by atoms with E-state index in [9.17, 15) is 18.0 Å². The molecule has 1 aromatic rings. The fourth-order valence-corrected chi connectivity index (χ4v) is 3.06. The highest BCUT2D eigenvalue weighted by Crippen LogP contribution is 2.42. The number of benzene rings is 1. The van der Waals surface area contributed by atoms with Gasteiger partial charge >= 0.3 is 6.18 Å². The van der Waals surface area contributed by atoms with Crippen molar-refractivity contribution in [2.75, 3.05) is 0 Å². The van der Waals surface area contributed by atoms with Crippen LogP contribution >= 0.6 is 0 Å². The molecule has 0 aromatic heterocycles. The Morgan fingerprint density at radius 1 is 1.21 bits per heavy atom. The molecule has 0 N–H and O–H groups in total. The first-order valence-electron chi connectivity index (χ1n) is 6.32. The van der Waals surface area contributed by atoms with E-state index in [0.717, 1.165) is 18.9 Å². The predicted octanol–water partition coefficient (Wildman–Crippen LogP) is 3.46. The number of ketones is 1. The van der Waals surface area contributed by atoms with Gasteiger partial charge in [-0.15, -0.1) is 0 Å². The summed E-state index contributed by atoms with van der Waals surface area (Å²) in [6.45, 7) is 0. The fraction of sp³-hybridized carbons (Fsp3) is 0.500. The zero-order chi connectivity index (χ0) is 13.6. The van der Waals surface area contributed by atoms with Gasteiger partial charge < -0.3 is 4.74 Å². The van der Waals surface area contributed by atoms with Crippen LogP contribution in [0.15, 0.2) is 24.3 Å². The summed E-state index contributed by atoms with van der Waals surface area (Å²) in [5.74, 6) is -0.845. The van der Waals surface area contributed by atoms with Crippen molar-refractivity contribution in [2.24, 2.45) is 5.92 Å². The van der Waals surface area contributed by atoms with Gasteiger partial charge in [0.2, 0.25) is 0 Å². The summed E-state index contributed by atoms with van der Waals surface area (Å²) in [5.41, 5.74) is -1.07. The predicted molar refractivity (Wildman–Crippen MR) is 61.8 cm³/mol. The van der Waals surface area contributed by atoms with E-state index in [1.165, 1.54) is 18.2 Å². The summed E-state index contributed by atoms with van der Waals surface area (Å²) < 4.78 is 44.3. The van der Waals surface area contributed by atoms with Crippen LogP contribution in [0.1, 0.15) is 35.2 Å². The zero-order valence-electron chi connectivity index (χ0n) is 10.1. The molecule has 3 unspecified atom stereocenters. The van der Waals surface area contributed by atoms with Crippen LogP contribution in [0.4, 0.5) is 13.2 Å². The maximum atomic E-state index is 12.9. The molecule has 5 heteroatoms. The van der Waals surface area contributed by atoms with Crippen molar-refractivity contribution >= 4 is 5.78 Å². The number of halogens is 3. The summed E-state index contributed by atoms with van der Waals surface area (Å²) in [6, 6.07) is 4.99. The molecular weight excluding hydrogens is 257 g/mol. The number of Topliss-reactive ketones (excluding diaryl/α,β-unsaturated/α-hetero) is 1. The average molecular weight is 270 g/mol. The highest BCUT2D eigenvalue weighted by Gasteiger charge is 2.46. The third-order valence-corrected chi connectivity index (χ3v) is 3.94. The SMILES string of the molecule is O=C(c1ccccc1C(F)(F)F)C1CC2CCC1O2. The number of rotatable bonds is 2. The van der Waals surface area contributed by atoms with Crippen molar-refractivity contribution < 1.29 is 22.7 Å². The lowest BCUT2D eigenvalue weighted by Crippen LogP contribution is -2.27. The molecule has 19 heavy (non-hydrogen) atoms. The average Bonchev–Trinajstić information content (AvgIpc) is 2.99. The lowest BCUT2D eigenvalue weighted by molar-refractivity contribution is -0.138. The molecule has 0 amide bonds. The molecule has 102 valence electrons. The van der Waals surface area contributed by atoms with Gasteiger partial charge in [0.25, 0.3) is 0 Å². The second kappa shape index (κ2) is 4.34. The van der Waals surface area contributed by atoms with Crippen molar-refractivity contribution in [1.29, 1.82) is 0 Å². The molecule has 3 rings (SSSR count). The summed E-state index contributed by atoms with van der Waals surface area (Å²) in [4.78, 5) is 12.3. The Morgan fingerprint density at radius 3 is 2.53 bits per heavy atom. The van der Waals surface area contributed by atoms with Gasteiger partial charge in [-0.05, 0) is 25.3 Å². The van der Waals surface area contributed by atoms with E-state index in [0.29, 0.717) is 6.42 Å². The molecule has 0 radical (unpaired) electrons. The number of ether oxygens (including phenoxy) is 1. The Balaban J connectivity index is 1.92. The van der Waals surface area contributed by atoms with E-state index in [-0.39, 0.29) is 17.8 Å². The Hall–Kier alpha value is -1.36. The van der Waals surface area contributed by atoms with Crippen LogP contribution in [-0.4, -0.2) is 18.0 Å². The lowest BCUT2D eigenvalue weighted by atomic mass is 9.82. The highest BCUT2D eigenvalue weighted by atomic mass is 19.4. The number of alkyl halides is 3. The van der Waals surface area contributed by atoms with Crippen molar-refractivity contribution in [3.8, 4) is 0 Å². The molecule has 2 fully saturated rings. The van der Waals surface area contributed by atoms with Gasteiger partial charge in [0.1, 0.15) is 0 Å². The van der Waals surface area contributed by atoms with E-state index in [1.54, 1.807) is 0 Å². The molecule has 3 atom stereocenters. The molecule has 0 aliphatic carbocycles. The van der Waals surface area contributed by atoms with Crippen molar-refractivity contribution in [3.63, 3.8) is 0 Å². The molecule has 2 aliphatic rings. The molecule has 0 spiro atoms. The first kappa shape index (κ1) is 12.7. The number of fused-ring (bicyclic) bond motifs is 2.